The van der Waals surface area contributed by atoms with Crippen LogP contribution in [0.15, 0.2) is 53.4 Å². The zero-order valence-electron chi connectivity index (χ0n) is 12.6. The smallest absolute Gasteiger partial charge is 0.195 e. The van der Waals surface area contributed by atoms with Crippen molar-refractivity contribution in [3.8, 4) is 17.7 Å². The van der Waals surface area contributed by atoms with Crippen molar-refractivity contribution in [2.75, 3.05) is 14.2 Å². The number of hydrogen-bond acceptors (Lipinski definition) is 5. The van der Waals surface area contributed by atoms with Gasteiger partial charge in [-0.2, -0.15) is 0 Å². The highest BCUT2D eigenvalue weighted by Gasteiger charge is 2.40. The van der Waals surface area contributed by atoms with E-state index in [0.29, 0.717) is 17.7 Å². The largest absolute Gasteiger partial charge is 0.497 e. The maximum atomic E-state index is 11.7. The average molecular weight is 298 g/mol. The minimum Gasteiger partial charge on any atom is -0.497 e. The Kier molecular flexibility index (Phi) is 4.84. The molecule has 114 valence electrons. The number of allylic oxidation sites excluding steroid dienone is 2. The normalized spacial score (nSPS) is 19.2. The molecule has 0 amide bonds. The third kappa shape index (κ3) is 2.82. The Morgan fingerprint density at radius 1 is 1.27 bits per heavy atom. The van der Waals surface area contributed by atoms with Gasteiger partial charge >= 0.3 is 0 Å². The van der Waals surface area contributed by atoms with Gasteiger partial charge in [0, 0.05) is 12.0 Å². The summed E-state index contributed by atoms with van der Waals surface area (Å²) in [6.07, 6.45) is 6.20. The van der Waals surface area contributed by atoms with Gasteiger partial charge in [0.05, 0.1) is 14.2 Å². The predicted octanol–water partition coefficient (Wildman–Crippen LogP) is 2.68. The highest BCUT2D eigenvalue weighted by Crippen LogP contribution is 2.39. The van der Waals surface area contributed by atoms with Crippen LogP contribution < -0.4 is 10.5 Å². The van der Waals surface area contributed by atoms with E-state index in [9.17, 15) is 4.91 Å². The first-order valence-corrected chi connectivity index (χ1v) is 6.84. The lowest BCUT2D eigenvalue weighted by atomic mass is 9.76. The molecule has 2 N–H and O–H groups in total. The summed E-state index contributed by atoms with van der Waals surface area (Å²) < 4.78 is 10.3. The summed E-state index contributed by atoms with van der Waals surface area (Å²) in [6, 6.07) is 9.47. The Labute approximate surface area is 129 Å². The minimum atomic E-state index is -1.23. The molecule has 5 nitrogen and oxygen atoms in total. The van der Waals surface area contributed by atoms with Gasteiger partial charge in [-0.15, -0.1) is 4.91 Å². The molecule has 0 saturated heterocycles. The van der Waals surface area contributed by atoms with Crippen LogP contribution in [0.5, 0.6) is 5.75 Å². The van der Waals surface area contributed by atoms with Crippen molar-refractivity contribution in [2.24, 2.45) is 16.8 Å². The monoisotopic (exact) mass is 298 g/mol. The van der Waals surface area contributed by atoms with Gasteiger partial charge in [-0.25, -0.2) is 0 Å². The molecule has 2 rings (SSSR count). The highest BCUT2D eigenvalue weighted by molar-refractivity contribution is 5.41. The predicted molar refractivity (Wildman–Crippen MR) is 84.8 cm³/mol. The molecule has 0 radical (unpaired) electrons. The van der Waals surface area contributed by atoms with Gasteiger partial charge in [0.2, 0.25) is 0 Å². The summed E-state index contributed by atoms with van der Waals surface area (Å²) in [5.41, 5.74) is 4.85. The molecule has 22 heavy (non-hydrogen) atoms. The molecule has 2 atom stereocenters. The molecule has 0 heterocycles. The molecule has 5 heteroatoms. The SMILES string of the molecule is COC1=CCC(C(C#CN)(N=O)c2ccc(OC)cc2)C=C1. The van der Waals surface area contributed by atoms with Crippen LogP contribution in [0.2, 0.25) is 0 Å². The fourth-order valence-electron chi connectivity index (χ4n) is 2.54. The van der Waals surface area contributed by atoms with Crippen LogP contribution in [0.3, 0.4) is 0 Å². The van der Waals surface area contributed by atoms with Crippen molar-refractivity contribution in [1.29, 1.82) is 0 Å². The minimum absolute atomic E-state index is 0.214. The number of rotatable bonds is 5. The third-order valence-electron chi connectivity index (χ3n) is 3.77. The first kappa shape index (κ1) is 15.6. The number of nitrogens with two attached hydrogens (primary N) is 1. The lowest BCUT2D eigenvalue weighted by molar-refractivity contribution is 0.297. The molecule has 1 aromatic rings. The summed E-state index contributed by atoms with van der Waals surface area (Å²) >= 11 is 0. The number of hydrogen-bond donors (Lipinski definition) is 1. The Bertz CT molecular complexity index is 653. The molecule has 1 aromatic carbocycles. The molecular formula is C17H18N2O3. The van der Waals surface area contributed by atoms with Crippen LogP contribution in [0.1, 0.15) is 12.0 Å². The van der Waals surface area contributed by atoms with Gasteiger partial charge in [-0.05, 0) is 47.4 Å². The van der Waals surface area contributed by atoms with E-state index in [4.69, 9.17) is 15.2 Å². The van der Waals surface area contributed by atoms with E-state index < -0.39 is 5.54 Å². The topological polar surface area (TPSA) is 73.9 Å². The maximum absolute atomic E-state index is 11.7. The van der Waals surface area contributed by atoms with E-state index >= 15 is 0 Å². The maximum Gasteiger partial charge on any atom is 0.195 e. The van der Waals surface area contributed by atoms with E-state index in [1.54, 1.807) is 38.5 Å². The number of methoxy groups -OCH3 is 2. The zero-order valence-corrected chi connectivity index (χ0v) is 12.6. The van der Waals surface area contributed by atoms with E-state index in [0.717, 1.165) is 5.76 Å². The Hall–Kier alpha value is -2.74. The van der Waals surface area contributed by atoms with Gasteiger partial charge in [-0.1, -0.05) is 18.2 Å². The second kappa shape index (κ2) is 6.81. The van der Waals surface area contributed by atoms with E-state index in [1.807, 2.05) is 18.2 Å². The molecule has 0 spiro atoms. The fraction of sp³-hybridized carbons (Fsp3) is 0.294. The Morgan fingerprint density at radius 3 is 2.45 bits per heavy atom. The third-order valence-corrected chi connectivity index (χ3v) is 3.77. The highest BCUT2D eigenvalue weighted by atomic mass is 16.5. The van der Waals surface area contributed by atoms with E-state index in [2.05, 4.69) is 17.1 Å². The second-order valence-corrected chi connectivity index (χ2v) is 4.87. The van der Waals surface area contributed by atoms with Crippen LogP contribution in [-0.2, 0) is 10.3 Å². The summed E-state index contributed by atoms with van der Waals surface area (Å²) in [4.78, 5) is 11.7. The second-order valence-electron chi connectivity index (χ2n) is 4.87. The van der Waals surface area contributed by atoms with Crippen LogP contribution in [0, 0.1) is 22.8 Å². The molecule has 0 aromatic heterocycles. The van der Waals surface area contributed by atoms with Crippen LogP contribution in [0.4, 0.5) is 0 Å². The van der Waals surface area contributed by atoms with Crippen LogP contribution in [0.25, 0.3) is 0 Å². The molecule has 0 saturated carbocycles. The Balaban J connectivity index is 2.43. The quantitative estimate of drug-likeness (QED) is 0.515. The molecule has 0 fully saturated rings. The number of benzene rings is 1. The molecule has 0 bridgehead atoms. The van der Waals surface area contributed by atoms with Crippen molar-refractivity contribution in [2.45, 2.75) is 12.0 Å². The van der Waals surface area contributed by atoms with Crippen molar-refractivity contribution in [1.82, 2.24) is 0 Å². The molecule has 2 unspecified atom stereocenters. The van der Waals surface area contributed by atoms with Gasteiger partial charge in [-0.3, -0.25) is 0 Å². The lowest BCUT2D eigenvalue weighted by Gasteiger charge is -2.29. The fourth-order valence-corrected chi connectivity index (χ4v) is 2.54. The van der Waals surface area contributed by atoms with E-state index in [-0.39, 0.29) is 5.92 Å². The van der Waals surface area contributed by atoms with Gasteiger partial charge in [0.25, 0.3) is 0 Å². The Morgan fingerprint density at radius 2 is 2.00 bits per heavy atom. The molecule has 1 aliphatic rings. The van der Waals surface area contributed by atoms with Gasteiger partial charge in [0.1, 0.15) is 11.5 Å². The molecule has 0 aliphatic heterocycles. The number of nitrogens with zero attached hydrogens (tertiary/aromatic N) is 1. The van der Waals surface area contributed by atoms with Gasteiger partial charge < -0.3 is 15.2 Å². The molecule has 1 aliphatic carbocycles. The van der Waals surface area contributed by atoms with Crippen molar-refractivity contribution in [3.63, 3.8) is 0 Å². The summed E-state index contributed by atoms with van der Waals surface area (Å²) in [7, 11) is 3.19. The standard InChI is InChI=1S/C17H18N2O3/c1-21-15-7-3-13(4-8-15)17(19-20,11-12-18)14-5-9-16(22-2)10-6-14/h3-5,7-10,14H,6,18H2,1-2H3. The average Bonchev–Trinajstić information content (AvgIpc) is 2.60. The first-order valence-electron chi connectivity index (χ1n) is 6.84. The van der Waals surface area contributed by atoms with Crippen LogP contribution >= 0.6 is 0 Å². The van der Waals surface area contributed by atoms with Crippen molar-refractivity contribution < 1.29 is 9.47 Å². The van der Waals surface area contributed by atoms with Crippen molar-refractivity contribution >= 4 is 0 Å². The van der Waals surface area contributed by atoms with E-state index in [1.165, 1.54) is 0 Å². The summed E-state index contributed by atoms with van der Waals surface area (Å²) in [6.45, 7) is 0. The molecular weight excluding hydrogens is 280 g/mol. The lowest BCUT2D eigenvalue weighted by Crippen LogP contribution is -2.31. The number of nitroso groups, excluding NO2 is 1. The summed E-state index contributed by atoms with van der Waals surface area (Å²) in [5.74, 6) is 4.03. The zero-order chi connectivity index (χ0) is 16.0. The first-order chi connectivity index (χ1) is 10.7. The van der Waals surface area contributed by atoms with Crippen LogP contribution in [-0.4, -0.2) is 14.2 Å². The van der Waals surface area contributed by atoms with Gasteiger partial charge in [0.15, 0.2) is 5.54 Å². The summed E-state index contributed by atoms with van der Waals surface area (Å²) in [5, 5.41) is 3.34. The van der Waals surface area contributed by atoms with Crippen molar-refractivity contribution in [3.05, 3.63) is 58.7 Å². The number of ether oxygens (including phenoxy) is 2.